The van der Waals surface area contributed by atoms with Crippen LogP contribution < -0.4 is 5.32 Å². The molecule has 0 amide bonds. The van der Waals surface area contributed by atoms with Gasteiger partial charge < -0.3 is 4.57 Å². The van der Waals surface area contributed by atoms with Crippen molar-refractivity contribution in [3.8, 4) is 28.1 Å². The summed E-state index contributed by atoms with van der Waals surface area (Å²) in [6.45, 7) is 0. The second-order valence-electron chi connectivity index (χ2n) is 12.8. The molecule has 0 bridgehead atoms. The summed E-state index contributed by atoms with van der Waals surface area (Å²) in [5.74, 6) is 0. The first-order chi connectivity index (χ1) is 24.8. The molecule has 9 aromatic rings. The molecule has 4 aromatic heterocycles. The Hall–Kier alpha value is -6.69. The van der Waals surface area contributed by atoms with Crippen LogP contribution in [0.2, 0.25) is 0 Å². The van der Waals surface area contributed by atoms with Crippen LogP contribution in [-0.4, -0.2) is 19.5 Å². The molecule has 234 valence electrons. The molecule has 0 unspecified atom stereocenters. The maximum atomic E-state index is 4.63. The highest BCUT2D eigenvalue weighted by atomic mass is 15.0. The predicted molar refractivity (Wildman–Crippen MR) is 204 cm³/mol. The second kappa shape index (κ2) is 11.5. The van der Waals surface area contributed by atoms with Crippen LogP contribution in [-0.2, 0) is 0 Å². The minimum atomic E-state index is 0.912. The molecule has 5 heterocycles. The summed E-state index contributed by atoms with van der Waals surface area (Å²) in [4.78, 5) is 13.3. The fraction of sp³-hybridized carbons (Fsp3) is 0. The van der Waals surface area contributed by atoms with Gasteiger partial charge in [-0.3, -0.25) is 20.3 Å². The number of allylic oxidation sites excluding steroid dienone is 2. The number of quaternary nitrogens is 1. The minimum Gasteiger partial charge on any atom is -0.308 e. The quantitative estimate of drug-likeness (QED) is 0.204. The Kier molecular flexibility index (Phi) is 6.50. The first-order valence-corrected chi connectivity index (χ1v) is 16.8. The first-order valence-electron chi connectivity index (χ1n) is 16.8. The lowest BCUT2D eigenvalue weighted by Crippen LogP contribution is -2.73. The van der Waals surface area contributed by atoms with Gasteiger partial charge in [0.2, 0.25) is 0 Å². The van der Waals surface area contributed by atoms with E-state index in [0.717, 1.165) is 27.9 Å². The smallest absolute Gasteiger partial charge is 0.143 e. The third-order valence-electron chi connectivity index (χ3n) is 9.88. The van der Waals surface area contributed by atoms with Crippen LogP contribution in [0.3, 0.4) is 0 Å². The molecular weight excluding hydrogens is 611 g/mol. The van der Waals surface area contributed by atoms with E-state index in [2.05, 4.69) is 146 Å². The van der Waals surface area contributed by atoms with Gasteiger partial charge >= 0.3 is 0 Å². The van der Waals surface area contributed by atoms with Crippen LogP contribution >= 0.6 is 0 Å². The summed E-state index contributed by atoms with van der Waals surface area (Å²) in [7, 11) is 0. The Morgan fingerprint density at radius 1 is 0.500 bits per heavy atom. The largest absolute Gasteiger partial charge is 0.308 e. The van der Waals surface area contributed by atoms with Crippen LogP contribution in [0.15, 0.2) is 171 Å². The van der Waals surface area contributed by atoms with Gasteiger partial charge in [0.25, 0.3) is 0 Å². The number of aromatic nitrogens is 4. The summed E-state index contributed by atoms with van der Waals surface area (Å²) in [6, 6.07) is 45.9. The summed E-state index contributed by atoms with van der Waals surface area (Å²) in [6.07, 6.45) is 13.7. The molecule has 0 radical (unpaired) electrons. The van der Waals surface area contributed by atoms with E-state index in [0.29, 0.717) is 0 Å². The predicted octanol–water partition coefficient (Wildman–Crippen LogP) is 9.57. The van der Waals surface area contributed by atoms with Crippen LogP contribution in [0.1, 0.15) is 11.1 Å². The molecule has 10 rings (SSSR count). The lowest BCUT2D eigenvalue weighted by molar-refractivity contribution is -0.483. The van der Waals surface area contributed by atoms with Crippen molar-refractivity contribution in [1.82, 2.24) is 19.5 Å². The van der Waals surface area contributed by atoms with Crippen molar-refractivity contribution in [3.05, 3.63) is 182 Å². The first kappa shape index (κ1) is 28.3. The zero-order chi connectivity index (χ0) is 33.0. The molecule has 0 atom stereocenters. The number of nitrogens with two attached hydrogens (primary N) is 1. The molecule has 0 aliphatic carbocycles. The molecule has 1 aliphatic heterocycles. The van der Waals surface area contributed by atoms with Gasteiger partial charge in [0.1, 0.15) is 11.9 Å². The normalized spacial score (nSPS) is 13.0. The van der Waals surface area contributed by atoms with Crippen molar-refractivity contribution < 1.29 is 5.32 Å². The van der Waals surface area contributed by atoms with Crippen molar-refractivity contribution in [3.63, 3.8) is 0 Å². The molecule has 5 nitrogen and oxygen atoms in total. The summed E-state index contributed by atoms with van der Waals surface area (Å²) < 4.78 is 2.48. The van der Waals surface area contributed by atoms with E-state index in [1.54, 1.807) is 6.20 Å². The average Bonchev–Trinajstić information content (AvgIpc) is 3.82. The van der Waals surface area contributed by atoms with Crippen molar-refractivity contribution in [2.75, 3.05) is 0 Å². The molecule has 1 aliphatic rings. The highest BCUT2D eigenvalue weighted by Gasteiger charge is 2.20. The Balaban J connectivity index is 1.19. The summed E-state index contributed by atoms with van der Waals surface area (Å²) in [5, 5.41) is 9.50. The van der Waals surface area contributed by atoms with Crippen LogP contribution in [0.4, 0.5) is 0 Å². The number of hydrogen-bond acceptors (Lipinski definition) is 3. The molecule has 5 aromatic carbocycles. The van der Waals surface area contributed by atoms with Crippen LogP contribution in [0, 0.1) is 0 Å². The number of pyridine rings is 3. The molecule has 50 heavy (non-hydrogen) atoms. The molecule has 2 N–H and O–H groups in total. The van der Waals surface area contributed by atoms with E-state index in [1.807, 2.05) is 43.0 Å². The standard InChI is InChI=1S/C45H29N5/c1-2-10-37-29(6-1)7-3-11-43(37)50-44-25-31(36-24-42(49-28-36)35-9-5-20-47-27-35)13-16-39(44)40-17-14-33-22-30(12-15-38(33)45(40)50)32-18-21-48-41(23-32)34-8-4-19-46-26-34/h1-28,49H/p+1. The van der Waals surface area contributed by atoms with Gasteiger partial charge in [-0.15, -0.1) is 0 Å². The number of nitrogens with zero attached hydrogens (tertiary/aromatic N) is 4. The zero-order valence-corrected chi connectivity index (χ0v) is 27.0. The van der Waals surface area contributed by atoms with Gasteiger partial charge in [0, 0.05) is 69.7 Å². The molecule has 0 spiro atoms. The zero-order valence-electron chi connectivity index (χ0n) is 27.0. The fourth-order valence-corrected chi connectivity index (χ4v) is 7.47. The third kappa shape index (κ3) is 4.64. The molecule has 0 fully saturated rings. The maximum Gasteiger partial charge on any atom is 0.143 e. The van der Waals surface area contributed by atoms with Crippen molar-refractivity contribution in [2.45, 2.75) is 0 Å². The van der Waals surface area contributed by atoms with Crippen LogP contribution in [0.25, 0.3) is 82.7 Å². The van der Waals surface area contributed by atoms with E-state index >= 15 is 0 Å². The van der Waals surface area contributed by atoms with E-state index < -0.39 is 0 Å². The lowest BCUT2D eigenvalue weighted by Gasteiger charge is -2.14. The van der Waals surface area contributed by atoms with E-state index in [4.69, 9.17) is 0 Å². The van der Waals surface area contributed by atoms with E-state index in [9.17, 15) is 0 Å². The van der Waals surface area contributed by atoms with Crippen molar-refractivity contribution in [2.24, 2.45) is 0 Å². The molecule has 5 heteroatoms. The van der Waals surface area contributed by atoms with Gasteiger partial charge in [-0.2, -0.15) is 0 Å². The minimum absolute atomic E-state index is 0.912. The lowest BCUT2D eigenvalue weighted by atomic mass is 9.98. The van der Waals surface area contributed by atoms with Crippen LogP contribution in [0.5, 0.6) is 0 Å². The van der Waals surface area contributed by atoms with Gasteiger partial charge in [-0.25, -0.2) is 0 Å². The van der Waals surface area contributed by atoms with E-state index in [1.165, 1.54) is 65.9 Å². The Bertz CT molecular complexity index is 2830. The number of hydrogen-bond donors (Lipinski definition) is 1. The van der Waals surface area contributed by atoms with Crippen molar-refractivity contribution in [1.29, 1.82) is 0 Å². The van der Waals surface area contributed by atoms with Gasteiger partial charge in [-0.1, -0.05) is 72.8 Å². The SMILES string of the molecule is C1=C(c2ccc3c4ccc5cc(-c6ccnc(-c7cccnc7)c6)ccc5c4n(-c4cccc5ccccc45)c3c2)C=C(c2cccnc2)[NH2+]1. The topological polar surface area (TPSA) is 60.2 Å². The average molecular weight is 641 g/mol. The molecule has 0 saturated heterocycles. The highest BCUT2D eigenvalue weighted by molar-refractivity contribution is 6.20. The number of rotatable bonds is 5. The second-order valence-corrected chi connectivity index (χ2v) is 12.8. The Morgan fingerprint density at radius 3 is 2.16 bits per heavy atom. The fourth-order valence-electron chi connectivity index (χ4n) is 7.47. The molecule has 0 saturated carbocycles. The van der Waals surface area contributed by atoms with Crippen molar-refractivity contribution >= 4 is 54.6 Å². The van der Waals surface area contributed by atoms with E-state index in [-0.39, 0.29) is 0 Å². The summed E-state index contributed by atoms with van der Waals surface area (Å²) >= 11 is 0. The van der Waals surface area contributed by atoms with Gasteiger partial charge in [0.05, 0.1) is 28.0 Å². The monoisotopic (exact) mass is 640 g/mol. The summed E-state index contributed by atoms with van der Waals surface area (Å²) in [5.41, 5.74) is 12.4. The number of benzene rings is 5. The molecular formula is C45H30N5+. The number of fused-ring (bicyclic) bond motifs is 6. The van der Waals surface area contributed by atoms with Gasteiger partial charge in [0.15, 0.2) is 0 Å². The third-order valence-corrected chi connectivity index (χ3v) is 9.88. The highest BCUT2D eigenvalue weighted by Crippen LogP contribution is 2.40. The maximum absolute atomic E-state index is 4.63. The Labute approximate surface area is 288 Å². The Morgan fingerprint density at radius 2 is 1.28 bits per heavy atom. The van der Waals surface area contributed by atoms with Gasteiger partial charge in [-0.05, 0) is 82.1 Å².